The number of nitrogens with zero attached hydrogens (tertiary/aromatic N) is 6. The maximum absolute atomic E-state index is 12.9. The molecule has 6 aromatic heterocycles. The Balaban J connectivity index is 0.000000185. The zero-order chi connectivity index (χ0) is 52.9. The number of halogens is 1. The lowest BCUT2D eigenvalue weighted by Gasteiger charge is -2.21. The first-order chi connectivity index (χ1) is 34.6. The van der Waals surface area contributed by atoms with Crippen molar-refractivity contribution >= 4 is 88.2 Å². The van der Waals surface area contributed by atoms with Gasteiger partial charge in [0.1, 0.15) is 17.5 Å². The molecule has 0 fully saturated rings. The zero-order valence-corrected chi connectivity index (χ0v) is 42.3. The van der Waals surface area contributed by atoms with E-state index in [9.17, 15) is 31.2 Å². The Labute approximate surface area is 428 Å². The number of benzene rings is 2. The van der Waals surface area contributed by atoms with Gasteiger partial charge < -0.3 is 33.2 Å². The Morgan fingerprint density at radius 1 is 0.507 bits per heavy atom. The maximum atomic E-state index is 12.9. The van der Waals surface area contributed by atoms with E-state index in [-0.39, 0.29) is 44.3 Å². The Kier molecular flexibility index (Phi) is 17.4. The van der Waals surface area contributed by atoms with E-state index in [0.29, 0.717) is 49.4 Å². The van der Waals surface area contributed by atoms with E-state index < -0.39 is 37.4 Å². The van der Waals surface area contributed by atoms with Crippen LogP contribution in [0.3, 0.4) is 0 Å². The number of sulfonamides is 2. The van der Waals surface area contributed by atoms with Gasteiger partial charge in [-0.3, -0.25) is 29.3 Å². The smallest absolute Gasteiger partial charge is 0.259 e. The number of carbonyl (C=O) groups excluding carboxylic acids is 3. The number of nitrogen functional groups attached to an aromatic ring is 3. The number of nitrogens with two attached hydrogens (primary N) is 4. The van der Waals surface area contributed by atoms with Gasteiger partial charge in [0.15, 0.2) is 0 Å². The number of rotatable bonds is 11. The van der Waals surface area contributed by atoms with Crippen LogP contribution in [0.2, 0.25) is 0 Å². The number of hydrogen-bond acceptors (Lipinski definition) is 16. The number of hydrogen-bond donors (Lipinski definition) is 8. The molecule has 0 radical (unpaired) electrons. The van der Waals surface area contributed by atoms with E-state index in [4.69, 9.17) is 22.3 Å². The molecule has 8 rings (SSSR count). The van der Waals surface area contributed by atoms with Gasteiger partial charge in [-0.1, -0.05) is 36.4 Å². The minimum Gasteiger partial charge on any atom is -0.383 e. The van der Waals surface area contributed by atoms with Crippen molar-refractivity contribution in [2.45, 2.75) is 36.1 Å². The summed E-state index contributed by atoms with van der Waals surface area (Å²) >= 11 is 3.24. The van der Waals surface area contributed by atoms with Crippen molar-refractivity contribution < 1.29 is 31.2 Å². The molecule has 0 unspecified atom stereocenters. The van der Waals surface area contributed by atoms with Crippen molar-refractivity contribution in [1.82, 2.24) is 34.6 Å². The molecule has 0 aliphatic rings. The number of carbonyl (C=O) groups is 3. The van der Waals surface area contributed by atoms with Crippen molar-refractivity contribution in [3.63, 3.8) is 0 Å². The summed E-state index contributed by atoms with van der Waals surface area (Å²) in [5.41, 5.74) is 20.7. The third kappa shape index (κ3) is 15.0. The summed E-state index contributed by atoms with van der Waals surface area (Å²) in [6, 6.07) is 27.3. The fourth-order valence-electron chi connectivity index (χ4n) is 6.49. The molecule has 0 saturated heterocycles. The Bertz CT molecular complexity index is 3500. The molecule has 3 amide bonds. The van der Waals surface area contributed by atoms with Gasteiger partial charge >= 0.3 is 0 Å². The molecule has 0 atom stereocenters. The minimum atomic E-state index is -3.94. The highest BCUT2D eigenvalue weighted by molar-refractivity contribution is 9.10. The predicted octanol–water partition coefficient (Wildman–Crippen LogP) is 6.75. The second-order valence-corrected chi connectivity index (χ2v) is 20.5. The van der Waals surface area contributed by atoms with Crippen LogP contribution < -0.4 is 43.0 Å². The molecule has 24 heteroatoms. The van der Waals surface area contributed by atoms with Gasteiger partial charge in [-0.2, -0.15) is 0 Å². The molecule has 73 heavy (non-hydrogen) atoms. The second kappa shape index (κ2) is 23.6. The molecule has 8 aromatic rings. The van der Waals surface area contributed by atoms with Crippen molar-refractivity contribution in [2.75, 3.05) is 33.2 Å². The van der Waals surface area contributed by atoms with Crippen LogP contribution in [0.25, 0.3) is 22.3 Å². The summed E-state index contributed by atoms with van der Waals surface area (Å²) in [4.78, 5) is 60.8. The monoisotopic (exact) mass is 1090 g/mol. The number of primary sulfonamides is 1. The molecule has 0 aliphatic carbocycles. The first-order valence-corrected chi connectivity index (χ1v) is 25.2. The molecule has 21 nitrogen and oxygen atoms in total. The van der Waals surface area contributed by atoms with Crippen LogP contribution in [0.15, 0.2) is 173 Å². The summed E-state index contributed by atoms with van der Waals surface area (Å²) < 4.78 is 52.8. The predicted molar refractivity (Wildman–Crippen MR) is 283 cm³/mol. The van der Waals surface area contributed by atoms with Crippen molar-refractivity contribution in [3.8, 4) is 22.3 Å². The van der Waals surface area contributed by atoms with Gasteiger partial charge in [-0.15, -0.1) is 0 Å². The maximum Gasteiger partial charge on any atom is 0.259 e. The molecule has 12 N–H and O–H groups in total. The van der Waals surface area contributed by atoms with Crippen LogP contribution >= 0.6 is 15.9 Å². The van der Waals surface area contributed by atoms with E-state index in [1.807, 2.05) is 0 Å². The number of amides is 3. The Hall–Kier alpha value is -8.55. The highest BCUT2D eigenvalue weighted by atomic mass is 79.9. The number of pyridine rings is 6. The van der Waals surface area contributed by atoms with Crippen molar-refractivity contribution in [1.29, 1.82) is 0 Å². The zero-order valence-electron chi connectivity index (χ0n) is 39.1. The number of aromatic nitrogens is 6. The topological polar surface area (TPSA) is 349 Å². The van der Waals surface area contributed by atoms with Crippen LogP contribution in [-0.4, -0.2) is 70.0 Å². The standard InChI is InChI=1S/C21H23N5O3S.C17H15N5O3S.C11H9BrN4O/c1-21(2,3)26-30(28,29)18-7-5-4-6-16(18)14-12-17(19(22)24-13-14)20(27)25-15-8-10-23-11-9-15;18-16-14(17(23)22-12-5-7-20-8-6-12)9-11(10-21-16)13-3-1-2-4-15(13)26(19,24)25;12-7-5-9(10(13)15-6-7)11(17)16-8-1-3-14-4-2-8/h4-13,26H,1-3H3,(H2,22,24)(H,23,25,27);1-10H,(H2,18,21)(H2,19,24,25)(H,20,22,23);1-6H,(H2,13,15)(H,14,16,17). The van der Waals surface area contributed by atoms with Crippen LogP contribution in [0.4, 0.5) is 34.5 Å². The first-order valence-electron chi connectivity index (χ1n) is 21.4. The molecule has 2 aromatic carbocycles. The van der Waals surface area contributed by atoms with E-state index >= 15 is 0 Å². The number of anilines is 6. The summed E-state index contributed by atoms with van der Waals surface area (Å²) in [6.07, 6.45) is 13.8. The quantitative estimate of drug-likeness (QED) is 0.0663. The van der Waals surface area contributed by atoms with Crippen molar-refractivity contribution in [3.05, 3.63) is 180 Å². The summed E-state index contributed by atoms with van der Waals surface area (Å²) in [5, 5.41) is 13.4. The van der Waals surface area contributed by atoms with E-state index in [0.717, 1.165) is 0 Å². The largest absolute Gasteiger partial charge is 0.383 e. The molecular formula is C49H47BrN14O7S2. The molecule has 6 heterocycles. The van der Waals surface area contributed by atoms with Crippen LogP contribution in [-0.2, 0) is 20.0 Å². The Morgan fingerprint density at radius 2 is 0.849 bits per heavy atom. The first kappa shape index (κ1) is 53.8. The van der Waals surface area contributed by atoms with E-state index in [2.05, 4.69) is 66.5 Å². The van der Waals surface area contributed by atoms with Gasteiger partial charge in [0.2, 0.25) is 20.0 Å². The van der Waals surface area contributed by atoms with Gasteiger partial charge in [-0.05, 0) is 103 Å². The normalized spacial score (nSPS) is 11.1. The van der Waals surface area contributed by atoms with Gasteiger partial charge in [0.05, 0.1) is 26.5 Å². The molecular weight excluding hydrogens is 1040 g/mol. The third-order valence-corrected chi connectivity index (χ3v) is 12.9. The van der Waals surface area contributed by atoms with E-state index in [1.54, 1.807) is 131 Å². The third-order valence-electron chi connectivity index (χ3n) is 9.70. The van der Waals surface area contributed by atoms with Crippen molar-refractivity contribution in [2.24, 2.45) is 5.14 Å². The number of nitrogens with one attached hydrogen (secondary N) is 4. The Morgan fingerprint density at radius 3 is 1.23 bits per heavy atom. The highest BCUT2D eigenvalue weighted by Crippen LogP contribution is 2.31. The molecule has 374 valence electrons. The molecule has 0 aliphatic heterocycles. The lowest BCUT2D eigenvalue weighted by atomic mass is 10.1. The fraction of sp³-hybridized carbons (Fsp3) is 0.0816. The molecule has 0 spiro atoms. The lowest BCUT2D eigenvalue weighted by Crippen LogP contribution is -2.40. The van der Waals surface area contributed by atoms with Crippen LogP contribution in [0.1, 0.15) is 51.8 Å². The van der Waals surface area contributed by atoms with Gasteiger partial charge in [-0.25, -0.2) is 41.6 Å². The average molecular weight is 1090 g/mol. The van der Waals surface area contributed by atoms with Gasteiger partial charge in [0.25, 0.3) is 17.7 Å². The average Bonchev–Trinajstić information content (AvgIpc) is 3.35. The summed E-state index contributed by atoms with van der Waals surface area (Å²) in [7, 11) is -7.74. The highest BCUT2D eigenvalue weighted by Gasteiger charge is 2.26. The lowest BCUT2D eigenvalue weighted by molar-refractivity contribution is 0.101. The van der Waals surface area contributed by atoms with Gasteiger partial charge in [0, 0.05) is 105 Å². The van der Waals surface area contributed by atoms with Crippen LogP contribution in [0, 0.1) is 0 Å². The second-order valence-electron chi connectivity index (χ2n) is 16.4. The molecule has 0 bridgehead atoms. The van der Waals surface area contributed by atoms with E-state index in [1.165, 1.54) is 49.1 Å². The molecule has 0 saturated carbocycles. The minimum absolute atomic E-state index is 0.0217. The SMILES string of the molecule is CC(C)(C)NS(=O)(=O)c1ccccc1-c1cnc(N)c(C(=O)Nc2ccncc2)c1.Nc1ncc(-c2ccccc2S(N)(=O)=O)cc1C(=O)Nc1ccncc1.Nc1ncc(Br)cc1C(=O)Nc1ccncc1. The summed E-state index contributed by atoms with van der Waals surface area (Å²) in [6.45, 7) is 5.29. The fourth-order valence-corrected chi connectivity index (χ4v) is 9.23. The summed E-state index contributed by atoms with van der Waals surface area (Å²) in [5.74, 6) is -0.980. The van der Waals surface area contributed by atoms with Crippen LogP contribution in [0.5, 0.6) is 0 Å².